The molecule has 0 spiro atoms. The monoisotopic (exact) mass is 423 g/mol. The predicted octanol–water partition coefficient (Wildman–Crippen LogP) is 4.81. The van der Waals surface area contributed by atoms with Crippen molar-refractivity contribution >= 4 is 33.8 Å². The van der Waals surface area contributed by atoms with E-state index in [9.17, 15) is 9.18 Å². The molecule has 0 saturated heterocycles. The molecule has 4 aromatic rings. The minimum absolute atomic E-state index is 0.183. The van der Waals surface area contributed by atoms with E-state index in [1.54, 1.807) is 29.5 Å². The number of fused-ring (bicyclic) bond motifs is 3. The third-order valence-corrected chi connectivity index (χ3v) is 6.74. The second-order valence-corrected chi connectivity index (χ2v) is 8.67. The molecule has 0 bridgehead atoms. The fraction of sp³-hybridized carbons (Fsp3) is 0.182. The van der Waals surface area contributed by atoms with Crippen molar-refractivity contribution in [1.29, 1.82) is 0 Å². The van der Waals surface area contributed by atoms with Crippen molar-refractivity contribution in [2.24, 2.45) is 0 Å². The van der Waals surface area contributed by atoms with Gasteiger partial charge in [0, 0.05) is 24.5 Å². The molecule has 0 saturated carbocycles. The predicted molar refractivity (Wildman–Crippen MR) is 117 cm³/mol. The van der Waals surface area contributed by atoms with Gasteiger partial charge in [-0.2, -0.15) is 0 Å². The molecule has 1 aliphatic rings. The summed E-state index contributed by atoms with van der Waals surface area (Å²) in [6.45, 7) is 2.55. The molecule has 29 heavy (non-hydrogen) atoms. The summed E-state index contributed by atoms with van der Waals surface area (Å²) in [5.41, 5.74) is 2.28. The highest BCUT2D eigenvalue weighted by Gasteiger charge is 2.24. The lowest BCUT2D eigenvalue weighted by Gasteiger charge is -2.26. The molecule has 1 N–H and O–H groups in total. The van der Waals surface area contributed by atoms with Crippen molar-refractivity contribution in [2.75, 3.05) is 6.54 Å². The van der Waals surface area contributed by atoms with Gasteiger partial charge in [0.1, 0.15) is 10.6 Å². The highest BCUT2D eigenvalue weighted by Crippen LogP contribution is 2.33. The Morgan fingerprint density at radius 2 is 1.86 bits per heavy atom. The normalized spacial score (nSPS) is 14.2. The van der Waals surface area contributed by atoms with Gasteiger partial charge < -0.3 is 4.98 Å². The fourth-order valence-corrected chi connectivity index (χ4v) is 5.59. The van der Waals surface area contributed by atoms with Crippen LogP contribution in [0.15, 0.2) is 59.4 Å². The first kappa shape index (κ1) is 18.4. The topological polar surface area (TPSA) is 41.0 Å². The van der Waals surface area contributed by atoms with Crippen LogP contribution in [0.3, 0.4) is 0 Å². The maximum Gasteiger partial charge on any atom is 0.268 e. The van der Waals surface area contributed by atoms with Gasteiger partial charge in [-0.3, -0.25) is 9.69 Å². The molecule has 3 heterocycles. The Morgan fingerprint density at radius 1 is 1.10 bits per heavy atom. The van der Waals surface area contributed by atoms with Crippen LogP contribution in [0.4, 0.5) is 4.39 Å². The Morgan fingerprint density at radius 3 is 2.66 bits per heavy atom. The highest BCUT2D eigenvalue weighted by molar-refractivity contribution is 7.71. The SMILES string of the molecule is O=c1c2c3c(sc2[nH]c(=S)n1-c1ccccc1F)CN(Cc1ccccc1)CC3. The Bertz CT molecular complexity index is 1320. The summed E-state index contributed by atoms with van der Waals surface area (Å²) in [6, 6.07) is 16.6. The molecule has 0 unspecified atom stereocenters. The number of H-pyrrole nitrogens is 1. The zero-order chi connectivity index (χ0) is 20.0. The van der Waals surface area contributed by atoms with Crippen LogP contribution in [0.1, 0.15) is 16.0 Å². The molecule has 146 valence electrons. The van der Waals surface area contributed by atoms with Gasteiger partial charge in [0.25, 0.3) is 5.56 Å². The number of benzene rings is 2. The molecular formula is C22H18FN3OS2. The molecule has 0 amide bonds. The summed E-state index contributed by atoms with van der Waals surface area (Å²) in [7, 11) is 0. The van der Waals surface area contributed by atoms with Crippen LogP contribution in [0, 0.1) is 10.6 Å². The molecule has 1 aliphatic heterocycles. The number of aromatic nitrogens is 2. The molecular weight excluding hydrogens is 405 g/mol. The molecule has 4 nitrogen and oxygen atoms in total. The third-order valence-electron chi connectivity index (χ3n) is 5.32. The number of hydrogen-bond donors (Lipinski definition) is 1. The van der Waals surface area contributed by atoms with Crippen molar-refractivity contribution in [3.63, 3.8) is 0 Å². The van der Waals surface area contributed by atoms with E-state index in [0.29, 0.717) is 5.39 Å². The molecule has 7 heteroatoms. The van der Waals surface area contributed by atoms with Crippen molar-refractivity contribution < 1.29 is 4.39 Å². The number of halogens is 1. The summed E-state index contributed by atoms with van der Waals surface area (Å²) >= 11 is 6.98. The first-order valence-corrected chi connectivity index (χ1v) is 10.6. The number of nitrogens with zero attached hydrogens (tertiary/aromatic N) is 2. The number of para-hydroxylation sites is 1. The summed E-state index contributed by atoms with van der Waals surface area (Å²) in [6.07, 6.45) is 0.791. The minimum Gasteiger partial charge on any atom is -0.323 e. The van der Waals surface area contributed by atoms with E-state index in [1.807, 2.05) is 6.07 Å². The van der Waals surface area contributed by atoms with Crippen molar-refractivity contribution in [3.8, 4) is 5.69 Å². The van der Waals surface area contributed by atoms with E-state index in [4.69, 9.17) is 12.2 Å². The highest BCUT2D eigenvalue weighted by atomic mass is 32.1. The van der Waals surface area contributed by atoms with Crippen LogP contribution in [0.5, 0.6) is 0 Å². The van der Waals surface area contributed by atoms with Crippen LogP contribution in [-0.4, -0.2) is 21.0 Å². The summed E-state index contributed by atoms with van der Waals surface area (Å²) in [5, 5.41) is 0.640. The summed E-state index contributed by atoms with van der Waals surface area (Å²) in [5.74, 6) is -0.466. The number of aromatic amines is 1. The Labute approximate surface area is 175 Å². The van der Waals surface area contributed by atoms with E-state index in [2.05, 4.69) is 34.1 Å². The Hall–Kier alpha value is -2.61. The lowest BCUT2D eigenvalue weighted by atomic mass is 10.0. The number of nitrogens with one attached hydrogen (secondary N) is 1. The maximum absolute atomic E-state index is 14.3. The first-order chi connectivity index (χ1) is 14.1. The quantitative estimate of drug-likeness (QED) is 0.481. The van der Waals surface area contributed by atoms with E-state index in [-0.39, 0.29) is 16.0 Å². The van der Waals surface area contributed by atoms with Gasteiger partial charge in [-0.15, -0.1) is 11.3 Å². The molecule has 0 fully saturated rings. The van der Waals surface area contributed by atoms with Gasteiger partial charge in [-0.05, 0) is 41.9 Å². The van der Waals surface area contributed by atoms with Crippen LogP contribution in [0.25, 0.3) is 15.9 Å². The molecule has 5 rings (SSSR count). The average molecular weight is 424 g/mol. The van der Waals surface area contributed by atoms with Crippen LogP contribution in [-0.2, 0) is 19.5 Å². The van der Waals surface area contributed by atoms with Crippen molar-refractivity contribution in [3.05, 3.63) is 91.5 Å². The summed E-state index contributed by atoms with van der Waals surface area (Å²) < 4.78 is 15.8. The minimum atomic E-state index is -0.466. The number of rotatable bonds is 3. The standard InChI is InChI=1S/C22H18FN3OS2/c23-16-8-4-5-9-17(16)26-21(27)19-15-10-11-25(12-14-6-2-1-3-7-14)13-18(15)29-20(19)24-22(26)28/h1-9H,10-13H2,(H,24,28). The number of hydrogen-bond acceptors (Lipinski definition) is 4. The molecule has 0 aliphatic carbocycles. The first-order valence-electron chi connectivity index (χ1n) is 9.42. The van der Waals surface area contributed by atoms with E-state index < -0.39 is 5.82 Å². The van der Waals surface area contributed by atoms with Gasteiger partial charge in [0.15, 0.2) is 4.77 Å². The average Bonchev–Trinajstić information content (AvgIpc) is 3.07. The Balaban J connectivity index is 1.58. The maximum atomic E-state index is 14.3. The Kier molecular flexibility index (Phi) is 4.66. The third kappa shape index (κ3) is 3.25. The van der Waals surface area contributed by atoms with Crippen LogP contribution in [0.2, 0.25) is 0 Å². The number of thiophene rings is 1. The zero-order valence-electron chi connectivity index (χ0n) is 15.5. The van der Waals surface area contributed by atoms with Crippen LogP contribution >= 0.6 is 23.6 Å². The fourth-order valence-electron chi connectivity index (χ4n) is 3.96. The second kappa shape index (κ2) is 7.33. The summed E-state index contributed by atoms with van der Waals surface area (Å²) in [4.78, 5) is 20.8. The molecule has 2 aromatic carbocycles. The zero-order valence-corrected chi connectivity index (χ0v) is 17.2. The second-order valence-electron chi connectivity index (χ2n) is 7.18. The van der Waals surface area contributed by atoms with E-state index in [0.717, 1.165) is 36.4 Å². The van der Waals surface area contributed by atoms with E-state index >= 15 is 0 Å². The molecule has 2 aromatic heterocycles. The van der Waals surface area contributed by atoms with Gasteiger partial charge in [-0.25, -0.2) is 8.96 Å². The smallest absolute Gasteiger partial charge is 0.268 e. The molecule has 0 radical (unpaired) electrons. The van der Waals surface area contributed by atoms with Crippen LogP contribution < -0.4 is 5.56 Å². The van der Waals surface area contributed by atoms with E-state index in [1.165, 1.54) is 21.1 Å². The molecule has 0 atom stereocenters. The van der Waals surface area contributed by atoms with Gasteiger partial charge in [-0.1, -0.05) is 42.5 Å². The largest absolute Gasteiger partial charge is 0.323 e. The lowest BCUT2D eigenvalue weighted by Crippen LogP contribution is -2.30. The van der Waals surface area contributed by atoms with Crippen molar-refractivity contribution in [2.45, 2.75) is 19.5 Å². The van der Waals surface area contributed by atoms with Gasteiger partial charge in [0.05, 0.1) is 11.1 Å². The van der Waals surface area contributed by atoms with Gasteiger partial charge in [0.2, 0.25) is 0 Å². The van der Waals surface area contributed by atoms with Crippen molar-refractivity contribution in [1.82, 2.24) is 14.5 Å². The lowest BCUT2D eigenvalue weighted by molar-refractivity contribution is 0.249. The van der Waals surface area contributed by atoms with Gasteiger partial charge >= 0.3 is 0 Å².